The number of halogens is 1. The average molecular weight is 441 g/mol. The molecule has 0 aliphatic heterocycles. The smallest absolute Gasteiger partial charge is 0.339 e. The summed E-state index contributed by atoms with van der Waals surface area (Å²) in [5.74, 6) is -1.71. The summed E-state index contributed by atoms with van der Waals surface area (Å²) in [6, 6.07) is 9.32. The molecule has 0 aliphatic carbocycles. The largest absolute Gasteiger partial charge is 0.495 e. The zero-order chi connectivity index (χ0) is 19.3. The fourth-order valence-electron chi connectivity index (χ4n) is 2.52. The number of methoxy groups -OCH3 is 1. The number of aliphatic hydroxyl groups excluding tert-OH is 1. The van der Waals surface area contributed by atoms with E-state index in [-0.39, 0.29) is 28.4 Å². The molecule has 2 aromatic carbocycles. The van der Waals surface area contributed by atoms with Crippen LogP contribution in [0.5, 0.6) is 5.75 Å². The van der Waals surface area contributed by atoms with E-state index in [4.69, 9.17) is 9.84 Å². The molecule has 0 bridgehead atoms. The van der Waals surface area contributed by atoms with E-state index in [1.807, 2.05) is 0 Å². The van der Waals surface area contributed by atoms with Gasteiger partial charge in [0.05, 0.1) is 28.8 Å². The van der Waals surface area contributed by atoms with Gasteiger partial charge in [-0.15, -0.1) is 0 Å². The quantitative estimate of drug-likeness (QED) is 0.685. The Balaban J connectivity index is 2.56. The van der Waals surface area contributed by atoms with Crippen molar-refractivity contribution in [3.8, 4) is 5.75 Å². The second-order valence-electron chi connectivity index (χ2n) is 5.30. The van der Waals surface area contributed by atoms with E-state index in [1.54, 1.807) is 24.3 Å². The van der Waals surface area contributed by atoms with Crippen LogP contribution in [0.2, 0.25) is 0 Å². The summed E-state index contributed by atoms with van der Waals surface area (Å²) < 4.78 is 31.3. The average Bonchev–Trinajstić information content (AvgIpc) is 2.60. The van der Waals surface area contributed by atoms with Gasteiger partial charge in [-0.3, -0.25) is 0 Å². The minimum Gasteiger partial charge on any atom is -0.495 e. The molecule has 0 aliphatic rings. The van der Waals surface area contributed by atoms with Crippen molar-refractivity contribution < 1.29 is 28.2 Å². The van der Waals surface area contributed by atoms with Gasteiger partial charge in [0.1, 0.15) is 11.3 Å². The number of carboxylic acids is 1. The Bertz CT molecular complexity index is 950. The maximum Gasteiger partial charge on any atom is 0.339 e. The summed E-state index contributed by atoms with van der Waals surface area (Å²) in [5.41, 5.74) is 0.342. The summed E-state index contributed by atoms with van der Waals surface area (Å²) in [7, 11) is -2.52. The molecular formula is C18H17BrO6S. The highest BCUT2D eigenvalue weighted by atomic mass is 79.9. The predicted octanol–water partition coefficient (Wildman–Crippen LogP) is 3.14. The standard InChI is InChI=1S/C18H17BrO6S/c1-25-17-14(19)9-8-13(16(17)18(21)22)11-26(23,24)15-7-3-2-5-12(15)6-4-10-20/h2-9,20H,10-11H2,1H3,(H,21,22). The van der Waals surface area contributed by atoms with E-state index in [2.05, 4.69) is 15.9 Å². The van der Waals surface area contributed by atoms with Crippen LogP contribution in [0, 0.1) is 0 Å². The number of hydrogen-bond acceptors (Lipinski definition) is 5. The molecule has 0 fully saturated rings. The first-order chi connectivity index (χ1) is 12.3. The number of rotatable bonds is 7. The molecule has 0 radical (unpaired) electrons. The number of benzene rings is 2. The molecule has 0 saturated carbocycles. The van der Waals surface area contributed by atoms with Gasteiger partial charge in [0.15, 0.2) is 9.84 Å². The Hall–Kier alpha value is -2.16. The van der Waals surface area contributed by atoms with E-state index in [0.29, 0.717) is 10.0 Å². The number of carboxylic acid groups (broad SMARTS) is 1. The summed E-state index contributed by atoms with van der Waals surface area (Å²) >= 11 is 3.20. The summed E-state index contributed by atoms with van der Waals surface area (Å²) in [5, 5.41) is 18.4. The Morgan fingerprint density at radius 1 is 1.23 bits per heavy atom. The maximum absolute atomic E-state index is 12.9. The summed E-state index contributed by atoms with van der Waals surface area (Å²) in [6.45, 7) is -0.221. The van der Waals surface area contributed by atoms with E-state index in [9.17, 15) is 18.3 Å². The van der Waals surface area contributed by atoms with E-state index >= 15 is 0 Å². The van der Waals surface area contributed by atoms with Crippen LogP contribution in [0.15, 0.2) is 51.8 Å². The van der Waals surface area contributed by atoms with E-state index < -0.39 is 21.6 Å². The van der Waals surface area contributed by atoms with Gasteiger partial charge in [-0.2, -0.15) is 0 Å². The number of carbonyl (C=O) groups is 1. The summed E-state index contributed by atoms with van der Waals surface area (Å²) in [6.07, 6.45) is 2.94. The van der Waals surface area contributed by atoms with Gasteiger partial charge in [0, 0.05) is 0 Å². The lowest BCUT2D eigenvalue weighted by Gasteiger charge is -2.14. The van der Waals surface area contributed by atoms with Crippen molar-refractivity contribution >= 4 is 37.8 Å². The molecule has 2 rings (SSSR count). The predicted molar refractivity (Wildman–Crippen MR) is 101 cm³/mol. The minimum absolute atomic E-state index is 0.0583. The van der Waals surface area contributed by atoms with Crippen LogP contribution in [0.25, 0.3) is 6.08 Å². The number of aliphatic hydroxyl groups is 1. The SMILES string of the molecule is COc1c(Br)ccc(CS(=O)(=O)c2ccccc2C=CCO)c1C(=O)O. The van der Waals surface area contributed by atoms with Crippen LogP contribution in [0.3, 0.4) is 0 Å². The lowest BCUT2D eigenvalue weighted by molar-refractivity contribution is 0.0692. The first-order valence-corrected chi connectivity index (χ1v) is 9.94. The molecule has 0 amide bonds. The van der Waals surface area contributed by atoms with Gasteiger partial charge in [-0.1, -0.05) is 36.4 Å². The van der Waals surface area contributed by atoms with Gasteiger partial charge < -0.3 is 14.9 Å². The normalized spacial score (nSPS) is 11.7. The molecule has 0 spiro atoms. The maximum atomic E-state index is 12.9. The highest BCUT2D eigenvalue weighted by Crippen LogP contribution is 2.33. The molecule has 0 heterocycles. The van der Waals surface area contributed by atoms with E-state index in [1.165, 1.54) is 31.4 Å². The molecule has 0 unspecified atom stereocenters. The Kier molecular flexibility index (Phi) is 6.57. The highest BCUT2D eigenvalue weighted by molar-refractivity contribution is 9.10. The highest BCUT2D eigenvalue weighted by Gasteiger charge is 2.25. The van der Waals surface area contributed by atoms with Crippen LogP contribution >= 0.6 is 15.9 Å². The first-order valence-electron chi connectivity index (χ1n) is 7.49. The molecule has 2 aromatic rings. The fraction of sp³-hybridized carbons (Fsp3) is 0.167. The lowest BCUT2D eigenvalue weighted by atomic mass is 10.1. The van der Waals surface area contributed by atoms with Gasteiger partial charge in [0.25, 0.3) is 0 Å². The van der Waals surface area contributed by atoms with Crippen LogP contribution < -0.4 is 4.74 Å². The van der Waals surface area contributed by atoms with Crippen molar-refractivity contribution in [3.05, 3.63) is 63.6 Å². The number of aromatic carboxylic acids is 1. The van der Waals surface area contributed by atoms with Crippen LogP contribution in [-0.4, -0.2) is 38.3 Å². The Morgan fingerprint density at radius 3 is 2.54 bits per heavy atom. The molecule has 0 aromatic heterocycles. The van der Waals surface area contributed by atoms with Crippen LogP contribution in [0.1, 0.15) is 21.5 Å². The third-order valence-electron chi connectivity index (χ3n) is 3.62. The van der Waals surface area contributed by atoms with Crippen molar-refractivity contribution in [2.45, 2.75) is 10.6 Å². The monoisotopic (exact) mass is 440 g/mol. The Labute approximate surface area is 159 Å². The number of sulfone groups is 1. The second kappa shape index (κ2) is 8.48. The van der Waals surface area contributed by atoms with Crippen molar-refractivity contribution in [3.63, 3.8) is 0 Å². The second-order valence-corrected chi connectivity index (χ2v) is 8.11. The third-order valence-corrected chi connectivity index (χ3v) is 5.97. The van der Waals surface area contributed by atoms with Crippen molar-refractivity contribution in [1.29, 1.82) is 0 Å². The summed E-state index contributed by atoms with van der Waals surface area (Å²) in [4.78, 5) is 11.7. The van der Waals surface area contributed by atoms with Gasteiger partial charge in [-0.25, -0.2) is 13.2 Å². The van der Waals surface area contributed by atoms with Crippen LogP contribution in [-0.2, 0) is 15.6 Å². The van der Waals surface area contributed by atoms with E-state index in [0.717, 1.165) is 0 Å². The zero-order valence-corrected chi connectivity index (χ0v) is 16.2. The van der Waals surface area contributed by atoms with Gasteiger partial charge in [-0.05, 0) is 39.2 Å². The first kappa shape index (κ1) is 20.2. The van der Waals surface area contributed by atoms with Gasteiger partial charge >= 0.3 is 5.97 Å². The lowest BCUT2D eigenvalue weighted by Crippen LogP contribution is -2.12. The number of hydrogen-bond donors (Lipinski definition) is 2. The zero-order valence-electron chi connectivity index (χ0n) is 13.8. The van der Waals surface area contributed by atoms with Crippen molar-refractivity contribution in [1.82, 2.24) is 0 Å². The fourth-order valence-corrected chi connectivity index (χ4v) is 4.59. The molecule has 0 atom stereocenters. The minimum atomic E-state index is -3.84. The van der Waals surface area contributed by atoms with Crippen molar-refractivity contribution in [2.24, 2.45) is 0 Å². The topological polar surface area (TPSA) is 101 Å². The molecule has 2 N–H and O–H groups in total. The Morgan fingerprint density at radius 2 is 1.92 bits per heavy atom. The van der Waals surface area contributed by atoms with Crippen LogP contribution in [0.4, 0.5) is 0 Å². The van der Waals surface area contributed by atoms with Crippen molar-refractivity contribution in [2.75, 3.05) is 13.7 Å². The molecule has 0 saturated heterocycles. The van der Waals surface area contributed by atoms with Gasteiger partial charge in [0.2, 0.25) is 0 Å². The third kappa shape index (κ3) is 4.32. The molecule has 8 heteroatoms. The molecule has 26 heavy (non-hydrogen) atoms. The molecule has 6 nitrogen and oxygen atoms in total. The molecular weight excluding hydrogens is 424 g/mol. The molecule has 138 valence electrons. The number of ether oxygens (including phenoxy) is 1.